The molecule has 0 aliphatic rings. The van der Waals surface area contributed by atoms with Crippen molar-refractivity contribution in [2.75, 3.05) is 0 Å². The van der Waals surface area contributed by atoms with Crippen molar-refractivity contribution in [1.82, 2.24) is 4.98 Å². The Kier molecular flexibility index (Phi) is 2.46. The zero-order valence-corrected chi connectivity index (χ0v) is 8.83. The maximum atomic E-state index is 3.32. The third-order valence-corrected chi connectivity index (χ3v) is 2.33. The van der Waals surface area contributed by atoms with Crippen LogP contribution in [0.3, 0.4) is 0 Å². The van der Waals surface area contributed by atoms with Crippen molar-refractivity contribution in [3.8, 4) is 0 Å². The average Bonchev–Trinajstić information content (AvgIpc) is 2.56. The van der Waals surface area contributed by atoms with Gasteiger partial charge >= 0.3 is 22.4 Å². The summed E-state index contributed by atoms with van der Waals surface area (Å²) in [6, 6.07) is 17.6. The Bertz CT molecular complexity index is 518. The number of para-hydroxylation sites is 2. The number of H-pyrrole nitrogens is 1. The van der Waals surface area contributed by atoms with E-state index < -0.39 is 0 Å². The minimum Gasteiger partial charge on any atom is -0.378 e. The molecular formula is C12H8AgN. The molecule has 0 spiro atoms. The number of fused-ring (bicyclic) bond motifs is 3. The summed E-state index contributed by atoms with van der Waals surface area (Å²) in [5.74, 6) is 0. The van der Waals surface area contributed by atoms with Crippen LogP contribution in [0.5, 0.6) is 0 Å². The summed E-state index contributed by atoms with van der Waals surface area (Å²) in [6.07, 6.45) is 0. The largest absolute Gasteiger partial charge is 1.00 e. The van der Waals surface area contributed by atoms with Gasteiger partial charge in [0.15, 0.2) is 0 Å². The van der Waals surface area contributed by atoms with E-state index in [2.05, 4.69) is 35.3 Å². The molecule has 0 saturated heterocycles. The van der Waals surface area contributed by atoms with E-state index in [1.165, 1.54) is 16.3 Å². The molecular weight excluding hydrogens is 266 g/mol. The van der Waals surface area contributed by atoms with Crippen LogP contribution in [0.1, 0.15) is 0 Å². The number of benzene rings is 2. The van der Waals surface area contributed by atoms with Crippen molar-refractivity contribution in [3.63, 3.8) is 0 Å². The molecule has 1 heterocycles. The Hall–Kier alpha value is -1.02. The van der Waals surface area contributed by atoms with Gasteiger partial charge < -0.3 is 4.98 Å². The van der Waals surface area contributed by atoms with Gasteiger partial charge in [0.1, 0.15) is 0 Å². The summed E-state index contributed by atoms with van der Waals surface area (Å²) < 4.78 is 0. The van der Waals surface area contributed by atoms with E-state index in [1.54, 1.807) is 0 Å². The Morgan fingerprint density at radius 2 is 1.71 bits per heavy atom. The van der Waals surface area contributed by atoms with Gasteiger partial charge in [-0.05, 0) is 11.5 Å². The molecule has 2 aromatic carbocycles. The molecule has 1 aromatic heterocycles. The fourth-order valence-corrected chi connectivity index (χ4v) is 1.73. The van der Waals surface area contributed by atoms with E-state index in [9.17, 15) is 0 Å². The Morgan fingerprint density at radius 1 is 0.929 bits per heavy atom. The molecule has 0 unspecified atom stereocenters. The Labute approximate surface area is 97.6 Å². The van der Waals surface area contributed by atoms with Crippen LogP contribution < -0.4 is 0 Å². The van der Waals surface area contributed by atoms with Gasteiger partial charge in [-0.25, -0.2) is 0 Å². The van der Waals surface area contributed by atoms with E-state index in [4.69, 9.17) is 0 Å². The summed E-state index contributed by atoms with van der Waals surface area (Å²) in [5, 5.41) is 2.52. The molecule has 0 bridgehead atoms. The second-order valence-corrected chi connectivity index (χ2v) is 3.13. The first-order valence-electron chi connectivity index (χ1n) is 4.32. The van der Waals surface area contributed by atoms with Gasteiger partial charge in [0.05, 0.1) is 0 Å². The van der Waals surface area contributed by atoms with Crippen molar-refractivity contribution in [2.24, 2.45) is 0 Å². The standard InChI is InChI=1S/C12H8N.Ag/c1-3-7-11-9(5-1)10-6-2-4-8-12(10)13-11;/h1-7,13H;/q-1;+1. The second kappa shape index (κ2) is 3.62. The van der Waals surface area contributed by atoms with Gasteiger partial charge in [0.2, 0.25) is 0 Å². The first kappa shape index (κ1) is 9.53. The number of nitrogens with one attached hydrogen (secondary N) is 1. The molecule has 3 rings (SSSR count). The van der Waals surface area contributed by atoms with Crippen LogP contribution in [0.15, 0.2) is 42.5 Å². The molecule has 1 nitrogen and oxygen atoms in total. The number of hydrogen-bond donors (Lipinski definition) is 1. The van der Waals surface area contributed by atoms with E-state index in [0.717, 1.165) is 5.52 Å². The van der Waals surface area contributed by atoms with Crippen molar-refractivity contribution in [3.05, 3.63) is 48.5 Å². The number of aromatic nitrogens is 1. The number of hydrogen-bond acceptors (Lipinski definition) is 0. The van der Waals surface area contributed by atoms with Crippen molar-refractivity contribution in [1.29, 1.82) is 0 Å². The zero-order chi connectivity index (χ0) is 8.67. The van der Waals surface area contributed by atoms with Crippen LogP contribution >= 0.6 is 0 Å². The third kappa shape index (κ3) is 1.30. The topological polar surface area (TPSA) is 15.8 Å². The maximum absolute atomic E-state index is 3.32. The minimum absolute atomic E-state index is 0. The normalized spacial score (nSPS) is 10.3. The molecule has 0 amide bonds. The molecule has 0 aliphatic heterocycles. The molecule has 72 valence electrons. The first-order valence-corrected chi connectivity index (χ1v) is 4.32. The predicted molar refractivity (Wildman–Crippen MR) is 54.6 cm³/mol. The van der Waals surface area contributed by atoms with Crippen LogP contribution in [0, 0.1) is 6.07 Å². The van der Waals surface area contributed by atoms with E-state index in [0.29, 0.717) is 0 Å². The van der Waals surface area contributed by atoms with Crippen LogP contribution in [-0.4, -0.2) is 4.98 Å². The minimum atomic E-state index is 0. The molecule has 0 aliphatic carbocycles. The number of aromatic amines is 1. The van der Waals surface area contributed by atoms with Crippen molar-refractivity contribution < 1.29 is 22.4 Å². The quantitative estimate of drug-likeness (QED) is 0.479. The average molecular weight is 274 g/mol. The molecule has 0 radical (unpaired) electrons. The molecule has 0 atom stereocenters. The summed E-state index contributed by atoms with van der Waals surface area (Å²) in [7, 11) is 0. The van der Waals surface area contributed by atoms with Crippen LogP contribution in [0.25, 0.3) is 21.8 Å². The van der Waals surface area contributed by atoms with Crippen LogP contribution in [0.4, 0.5) is 0 Å². The fourth-order valence-electron chi connectivity index (χ4n) is 1.73. The van der Waals surface area contributed by atoms with Crippen molar-refractivity contribution >= 4 is 21.8 Å². The maximum Gasteiger partial charge on any atom is 1.00 e. The van der Waals surface area contributed by atoms with Gasteiger partial charge in [-0.15, -0.1) is 5.39 Å². The molecule has 3 aromatic rings. The predicted octanol–water partition coefficient (Wildman–Crippen LogP) is 3.12. The molecule has 1 N–H and O–H groups in total. The van der Waals surface area contributed by atoms with E-state index in [1.807, 2.05) is 18.2 Å². The van der Waals surface area contributed by atoms with Crippen LogP contribution in [0.2, 0.25) is 0 Å². The van der Waals surface area contributed by atoms with Crippen molar-refractivity contribution in [2.45, 2.75) is 0 Å². The van der Waals surface area contributed by atoms with Gasteiger partial charge in [0, 0.05) is 5.52 Å². The summed E-state index contributed by atoms with van der Waals surface area (Å²) in [4.78, 5) is 3.32. The Morgan fingerprint density at radius 3 is 2.64 bits per heavy atom. The van der Waals surface area contributed by atoms with Gasteiger partial charge in [-0.1, -0.05) is 23.7 Å². The summed E-state index contributed by atoms with van der Waals surface area (Å²) in [5.41, 5.74) is 2.27. The smallest absolute Gasteiger partial charge is 0.378 e. The van der Waals surface area contributed by atoms with Crippen LogP contribution in [-0.2, 0) is 22.4 Å². The fraction of sp³-hybridized carbons (Fsp3) is 0. The van der Waals surface area contributed by atoms with E-state index >= 15 is 0 Å². The summed E-state index contributed by atoms with van der Waals surface area (Å²) >= 11 is 0. The molecule has 0 fully saturated rings. The molecule has 0 saturated carbocycles. The SMILES string of the molecule is [Ag+].[c-]1cccc2c1[nH]c1ccccc12. The zero-order valence-electron chi connectivity index (χ0n) is 7.34. The number of rotatable bonds is 0. The first-order chi connectivity index (χ1) is 6.45. The molecule has 2 heteroatoms. The molecule has 14 heavy (non-hydrogen) atoms. The van der Waals surface area contributed by atoms with Gasteiger partial charge in [-0.3, -0.25) is 0 Å². The monoisotopic (exact) mass is 273 g/mol. The second-order valence-electron chi connectivity index (χ2n) is 3.13. The van der Waals surface area contributed by atoms with Gasteiger partial charge in [-0.2, -0.15) is 24.3 Å². The summed E-state index contributed by atoms with van der Waals surface area (Å²) in [6.45, 7) is 0. The van der Waals surface area contributed by atoms with E-state index in [-0.39, 0.29) is 22.4 Å². The Balaban J connectivity index is 0.000000750. The third-order valence-electron chi connectivity index (χ3n) is 2.33. The van der Waals surface area contributed by atoms with Gasteiger partial charge in [0.25, 0.3) is 0 Å².